The summed E-state index contributed by atoms with van der Waals surface area (Å²) in [5.74, 6) is 7.70. The first-order valence-electron chi connectivity index (χ1n) is 6.79. The molecule has 108 valence electrons. The minimum Gasteiger partial charge on any atom is -0.496 e. The van der Waals surface area contributed by atoms with Gasteiger partial charge in [0, 0.05) is 21.8 Å². The molecule has 21 heavy (non-hydrogen) atoms. The van der Waals surface area contributed by atoms with E-state index in [2.05, 4.69) is 49.1 Å². The minimum absolute atomic E-state index is 0.374. The first-order valence-corrected chi connectivity index (χ1v) is 7.77. The van der Waals surface area contributed by atoms with E-state index >= 15 is 0 Å². The third-order valence-electron chi connectivity index (χ3n) is 3.09. The number of hydrogen-bond donors (Lipinski definition) is 1. The molecule has 0 aliphatic rings. The molecule has 0 fully saturated rings. The van der Waals surface area contributed by atoms with Crippen LogP contribution in [0.2, 0.25) is 0 Å². The summed E-state index contributed by atoms with van der Waals surface area (Å²) < 4.78 is 5.44. The van der Waals surface area contributed by atoms with Crippen molar-refractivity contribution in [3.05, 3.63) is 59.2 Å². The molecule has 0 saturated heterocycles. The van der Waals surface area contributed by atoms with Gasteiger partial charge in [-0.3, -0.25) is 0 Å². The van der Waals surface area contributed by atoms with Gasteiger partial charge in [-0.15, -0.1) is 11.8 Å². The molecule has 0 radical (unpaired) electrons. The number of rotatable bonds is 4. The van der Waals surface area contributed by atoms with Gasteiger partial charge in [-0.25, -0.2) is 0 Å². The smallest absolute Gasteiger partial charge is 0.122 e. The van der Waals surface area contributed by atoms with Crippen LogP contribution in [-0.4, -0.2) is 13.7 Å². The van der Waals surface area contributed by atoms with Crippen LogP contribution in [0.1, 0.15) is 16.7 Å². The second-order valence-corrected chi connectivity index (χ2v) is 5.60. The fourth-order valence-corrected chi connectivity index (χ4v) is 3.00. The molecule has 0 aliphatic heterocycles. The lowest BCUT2D eigenvalue weighted by Gasteiger charge is -2.10. The summed E-state index contributed by atoms with van der Waals surface area (Å²) in [5.41, 5.74) is 8.83. The van der Waals surface area contributed by atoms with Crippen LogP contribution >= 0.6 is 11.8 Å². The summed E-state index contributed by atoms with van der Waals surface area (Å²) >= 11 is 1.81. The van der Waals surface area contributed by atoms with Crippen LogP contribution in [-0.2, 0) is 5.75 Å². The van der Waals surface area contributed by atoms with E-state index in [-0.39, 0.29) is 0 Å². The van der Waals surface area contributed by atoms with Gasteiger partial charge in [0.15, 0.2) is 0 Å². The molecule has 0 amide bonds. The lowest BCUT2D eigenvalue weighted by Crippen LogP contribution is -1.94. The highest BCUT2D eigenvalue weighted by atomic mass is 32.2. The van der Waals surface area contributed by atoms with Gasteiger partial charge in [0.05, 0.1) is 13.7 Å². The van der Waals surface area contributed by atoms with Crippen molar-refractivity contribution in [3.8, 4) is 17.6 Å². The summed E-state index contributed by atoms with van der Waals surface area (Å²) in [6.07, 6.45) is 0. The molecule has 0 bridgehead atoms. The van der Waals surface area contributed by atoms with Gasteiger partial charge >= 0.3 is 0 Å². The van der Waals surface area contributed by atoms with Gasteiger partial charge in [0.1, 0.15) is 5.75 Å². The van der Waals surface area contributed by atoms with E-state index in [9.17, 15) is 0 Å². The summed E-state index contributed by atoms with van der Waals surface area (Å²) in [6, 6.07) is 14.4. The number of aryl methyl sites for hydroxylation is 1. The van der Waals surface area contributed by atoms with Gasteiger partial charge in [0.2, 0.25) is 0 Å². The Balaban J connectivity index is 2.19. The van der Waals surface area contributed by atoms with Crippen molar-refractivity contribution in [2.45, 2.75) is 17.6 Å². The first kappa shape index (κ1) is 15.5. The molecule has 0 aromatic heterocycles. The Morgan fingerprint density at radius 1 is 1.19 bits per heavy atom. The van der Waals surface area contributed by atoms with Gasteiger partial charge < -0.3 is 10.5 Å². The number of thioether (sulfide) groups is 1. The summed E-state index contributed by atoms with van der Waals surface area (Å²) in [4.78, 5) is 1.29. The standard InChI is InChI=1S/C18H19NOS/c1-14-6-3-4-8-18(14)21-13-16-12-15(7-5-11-19)9-10-17(16)20-2/h3-4,6,8-10,12H,11,13,19H2,1-2H3. The highest BCUT2D eigenvalue weighted by Crippen LogP contribution is 2.30. The molecular weight excluding hydrogens is 278 g/mol. The van der Waals surface area contributed by atoms with Crippen molar-refractivity contribution in [2.24, 2.45) is 5.73 Å². The van der Waals surface area contributed by atoms with E-state index in [4.69, 9.17) is 10.5 Å². The molecule has 0 saturated carbocycles. The van der Waals surface area contributed by atoms with E-state index in [0.29, 0.717) is 6.54 Å². The van der Waals surface area contributed by atoms with Crippen molar-refractivity contribution >= 4 is 11.8 Å². The van der Waals surface area contributed by atoms with Crippen LogP contribution in [0.3, 0.4) is 0 Å². The van der Waals surface area contributed by atoms with Gasteiger partial charge in [0.25, 0.3) is 0 Å². The van der Waals surface area contributed by atoms with Gasteiger partial charge in [-0.2, -0.15) is 0 Å². The van der Waals surface area contributed by atoms with Crippen LogP contribution < -0.4 is 10.5 Å². The molecule has 2 aromatic carbocycles. The molecule has 3 heteroatoms. The Bertz CT molecular complexity index is 670. The maximum Gasteiger partial charge on any atom is 0.122 e. The number of benzene rings is 2. The van der Waals surface area contributed by atoms with Crippen LogP contribution in [0.4, 0.5) is 0 Å². The quantitative estimate of drug-likeness (QED) is 0.691. The largest absolute Gasteiger partial charge is 0.496 e. The zero-order chi connectivity index (χ0) is 15.1. The number of hydrogen-bond acceptors (Lipinski definition) is 3. The first-order chi connectivity index (χ1) is 10.2. The molecular formula is C18H19NOS. The van der Waals surface area contributed by atoms with E-state index < -0.39 is 0 Å². The fourth-order valence-electron chi connectivity index (χ4n) is 2.00. The van der Waals surface area contributed by atoms with Crippen molar-refractivity contribution in [3.63, 3.8) is 0 Å². The average molecular weight is 297 g/mol. The summed E-state index contributed by atoms with van der Waals surface area (Å²) in [5, 5.41) is 0. The molecule has 2 aromatic rings. The molecule has 2 N–H and O–H groups in total. The van der Waals surface area contributed by atoms with Crippen molar-refractivity contribution in [1.29, 1.82) is 0 Å². The van der Waals surface area contributed by atoms with E-state index in [0.717, 1.165) is 22.6 Å². The Morgan fingerprint density at radius 3 is 2.71 bits per heavy atom. The Hall–Kier alpha value is -1.89. The summed E-state index contributed by atoms with van der Waals surface area (Å²) in [7, 11) is 1.70. The van der Waals surface area contributed by atoms with Crippen LogP contribution in [0.5, 0.6) is 5.75 Å². The number of ether oxygens (including phenoxy) is 1. The van der Waals surface area contributed by atoms with E-state index in [1.807, 2.05) is 23.9 Å². The monoisotopic (exact) mass is 297 g/mol. The highest BCUT2D eigenvalue weighted by molar-refractivity contribution is 7.98. The number of methoxy groups -OCH3 is 1. The Labute approximate surface area is 130 Å². The lowest BCUT2D eigenvalue weighted by molar-refractivity contribution is 0.411. The maximum absolute atomic E-state index is 5.44. The second kappa shape index (κ2) is 7.78. The van der Waals surface area contributed by atoms with E-state index in [1.165, 1.54) is 10.5 Å². The molecule has 2 rings (SSSR count). The lowest BCUT2D eigenvalue weighted by atomic mass is 10.1. The zero-order valence-electron chi connectivity index (χ0n) is 12.3. The van der Waals surface area contributed by atoms with Crippen LogP contribution in [0.15, 0.2) is 47.4 Å². The van der Waals surface area contributed by atoms with Crippen LogP contribution in [0, 0.1) is 18.8 Å². The Kier molecular flexibility index (Phi) is 5.74. The molecule has 0 aliphatic carbocycles. The van der Waals surface area contributed by atoms with Crippen LogP contribution in [0.25, 0.3) is 0 Å². The van der Waals surface area contributed by atoms with Gasteiger partial charge in [-0.1, -0.05) is 30.0 Å². The molecule has 0 atom stereocenters. The molecule has 2 nitrogen and oxygen atoms in total. The Morgan fingerprint density at radius 2 is 2.00 bits per heavy atom. The van der Waals surface area contributed by atoms with Gasteiger partial charge in [-0.05, 0) is 36.8 Å². The predicted molar refractivity (Wildman–Crippen MR) is 89.7 cm³/mol. The predicted octanol–water partition coefficient (Wildman–Crippen LogP) is 3.61. The highest BCUT2D eigenvalue weighted by Gasteiger charge is 2.06. The molecule has 0 heterocycles. The van der Waals surface area contributed by atoms with E-state index in [1.54, 1.807) is 7.11 Å². The fraction of sp³-hybridized carbons (Fsp3) is 0.222. The zero-order valence-corrected chi connectivity index (χ0v) is 13.2. The molecule has 0 unspecified atom stereocenters. The van der Waals surface area contributed by atoms with Crippen molar-refractivity contribution in [2.75, 3.05) is 13.7 Å². The second-order valence-electron chi connectivity index (χ2n) is 4.59. The number of nitrogens with two attached hydrogens (primary N) is 1. The molecule has 0 spiro atoms. The third-order valence-corrected chi connectivity index (χ3v) is 4.32. The maximum atomic E-state index is 5.44. The minimum atomic E-state index is 0.374. The summed E-state index contributed by atoms with van der Waals surface area (Å²) in [6.45, 7) is 2.50. The topological polar surface area (TPSA) is 35.2 Å². The van der Waals surface area contributed by atoms with Crippen molar-refractivity contribution in [1.82, 2.24) is 0 Å². The normalized spacial score (nSPS) is 9.86. The third kappa shape index (κ3) is 4.29. The SMILES string of the molecule is COc1ccc(C#CCN)cc1CSc1ccccc1C. The van der Waals surface area contributed by atoms with Crippen molar-refractivity contribution < 1.29 is 4.74 Å². The average Bonchev–Trinajstić information content (AvgIpc) is 2.52.